The van der Waals surface area contributed by atoms with Crippen molar-refractivity contribution in [3.05, 3.63) is 51.7 Å². The number of ether oxygens (including phenoxy) is 1. The predicted molar refractivity (Wildman–Crippen MR) is 80.1 cm³/mol. The van der Waals surface area contributed by atoms with Gasteiger partial charge in [0.15, 0.2) is 0 Å². The van der Waals surface area contributed by atoms with Crippen molar-refractivity contribution in [2.24, 2.45) is 0 Å². The summed E-state index contributed by atoms with van der Waals surface area (Å²) in [7, 11) is 0. The fourth-order valence-electron chi connectivity index (χ4n) is 2.60. The molecule has 2 nitrogen and oxygen atoms in total. The van der Waals surface area contributed by atoms with Crippen LogP contribution in [0.15, 0.2) is 35.7 Å². The molecule has 1 aliphatic heterocycles. The van der Waals surface area contributed by atoms with E-state index in [9.17, 15) is 0 Å². The molecule has 1 unspecified atom stereocenters. The van der Waals surface area contributed by atoms with Gasteiger partial charge in [-0.15, -0.1) is 11.3 Å². The molecular formula is C16H19NOS. The molecule has 3 rings (SSSR count). The second kappa shape index (κ2) is 5.76. The summed E-state index contributed by atoms with van der Waals surface area (Å²) in [5.41, 5.74) is 2.69. The van der Waals surface area contributed by atoms with Crippen LogP contribution in [0.3, 0.4) is 0 Å². The van der Waals surface area contributed by atoms with Crippen molar-refractivity contribution in [1.29, 1.82) is 0 Å². The molecule has 1 atom stereocenters. The Balaban J connectivity index is 1.94. The molecule has 0 fully saturated rings. The van der Waals surface area contributed by atoms with Gasteiger partial charge in [-0.3, -0.25) is 0 Å². The van der Waals surface area contributed by atoms with Crippen LogP contribution in [0.4, 0.5) is 0 Å². The zero-order chi connectivity index (χ0) is 13.1. The van der Waals surface area contributed by atoms with E-state index in [2.05, 4.69) is 48.0 Å². The molecule has 1 aliphatic rings. The van der Waals surface area contributed by atoms with E-state index in [1.807, 2.05) is 11.3 Å². The van der Waals surface area contributed by atoms with Crippen LogP contribution in [0.5, 0.6) is 5.75 Å². The second-order valence-corrected chi connectivity index (χ2v) is 5.80. The lowest BCUT2D eigenvalue weighted by atomic mass is 9.98. The predicted octanol–water partition coefficient (Wildman–Crippen LogP) is 3.77. The van der Waals surface area contributed by atoms with Gasteiger partial charge in [0.2, 0.25) is 0 Å². The number of rotatable bonds is 4. The molecule has 0 aliphatic carbocycles. The fraction of sp³-hybridized carbons (Fsp3) is 0.375. The SMILES string of the molecule is CCNC(c1ccc2c(c1)CCCO2)c1cccs1. The standard InChI is InChI=1S/C16H19NOS/c1-2-17-16(15-6-4-10-19-15)13-7-8-14-12(11-13)5-3-9-18-14/h4,6-8,10-11,16-17H,2-3,5,9H2,1H3. The normalized spacial score (nSPS) is 15.6. The maximum atomic E-state index is 5.69. The summed E-state index contributed by atoms with van der Waals surface area (Å²) in [6.07, 6.45) is 2.26. The number of hydrogen-bond acceptors (Lipinski definition) is 3. The van der Waals surface area contributed by atoms with E-state index in [1.165, 1.54) is 16.0 Å². The third kappa shape index (κ3) is 2.67. The number of benzene rings is 1. The summed E-state index contributed by atoms with van der Waals surface area (Å²) in [5, 5.41) is 5.72. The highest BCUT2D eigenvalue weighted by Gasteiger charge is 2.17. The first-order valence-electron chi connectivity index (χ1n) is 6.91. The molecule has 0 amide bonds. The number of thiophene rings is 1. The molecular weight excluding hydrogens is 254 g/mol. The van der Waals surface area contributed by atoms with Crippen molar-refractivity contribution in [3.8, 4) is 5.75 Å². The van der Waals surface area contributed by atoms with Gasteiger partial charge in [-0.05, 0) is 48.0 Å². The largest absolute Gasteiger partial charge is 0.493 e. The first kappa shape index (κ1) is 12.7. The monoisotopic (exact) mass is 273 g/mol. The van der Waals surface area contributed by atoms with E-state index in [1.54, 1.807) is 0 Å². The van der Waals surface area contributed by atoms with E-state index in [-0.39, 0.29) is 0 Å². The van der Waals surface area contributed by atoms with Crippen LogP contribution >= 0.6 is 11.3 Å². The number of fused-ring (bicyclic) bond motifs is 1. The molecule has 2 heterocycles. The number of nitrogens with one attached hydrogen (secondary N) is 1. The zero-order valence-corrected chi connectivity index (χ0v) is 12.0. The van der Waals surface area contributed by atoms with Crippen LogP contribution in [0.25, 0.3) is 0 Å². The van der Waals surface area contributed by atoms with Crippen LogP contribution in [0.2, 0.25) is 0 Å². The van der Waals surface area contributed by atoms with Crippen molar-refractivity contribution < 1.29 is 4.74 Å². The second-order valence-electron chi connectivity index (χ2n) is 4.83. The highest BCUT2D eigenvalue weighted by Crippen LogP contribution is 2.31. The van der Waals surface area contributed by atoms with Crippen LogP contribution in [0.1, 0.15) is 35.4 Å². The molecule has 1 aromatic carbocycles. The van der Waals surface area contributed by atoms with Crippen molar-refractivity contribution >= 4 is 11.3 Å². The Bertz CT molecular complexity index is 536. The topological polar surface area (TPSA) is 21.3 Å². The third-order valence-electron chi connectivity index (χ3n) is 3.50. The summed E-state index contributed by atoms with van der Waals surface area (Å²) < 4.78 is 5.69. The minimum absolute atomic E-state index is 0.303. The molecule has 3 heteroatoms. The smallest absolute Gasteiger partial charge is 0.122 e. The van der Waals surface area contributed by atoms with Gasteiger partial charge < -0.3 is 10.1 Å². The Morgan fingerprint density at radius 2 is 2.32 bits per heavy atom. The summed E-state index contributed by atoms with van der Waals surface area (Å²) >= 11 is 1.81. The lowest BCUT2D eigenvalue weighted by molar-refractivity contribution is 0.288. The quantitative estimate of drug-likeness (QED) is 0.915. The Labute approximate surface area is 118 Å². The highest BCUT2D eigenvalue weighted by atomic mass is 32.1. The molecule has 1 N–H and O–H groups in total. The van der Waals surface area contributed by atoms with Gasteiger partial charge >= 0.3 is 0 Å². The van der Waals surface area contributed by atoms with Gasteiger partial charge in [0, 0.05) is 4.88 Å². The van der Waals surface area contributed by atoms with Crippen LogP contribution in [0, 0.1) is 0 Å². The maximum Gasteiger partial charge on any atom is 0.122 e. The first-order chi connectivity index (χ1) is 9.38. The van der Waals surface area contributed by atoms with Gasteiger partial charge in [0.1, 0.15) is 5.75 Å². The van der Waals surface area contributed by atoms with Crippen molar-refractivity contribution in [3.63, 3.8) is 0 Å². The van der Waals surface area contributed by atoms with Crippen molar-refractivity contribution in [2.75, 3.05) is 13.2 Å². The Morgan fingerprint density at radius 3 is 3.11 bits per heavy atom. The highest BCUT2D eigenvalue weighted by molar-refractivity contribution is 7.10. The van der Waals surface area contributed by atoms with Crippen LogP contribution in [-0.4, -0.2) is 13.2 Å². The maximum absolute atomic E-state index is 5.69. The lowest BCUT2D eigenvalue weighted by Gasteiger charge is -2.22. The Hall–Kier alpha value is -1.32. The van der Waals surface area contributed by atoms with Gasteiger partial charge in [-0.25, -0.2) is 0 Å². The molecule has 2 aromatic rings. The van der Waals surface area contributed by atoms with E-state index < -0.39 is 0 Å². The lowest BCUT2D eigenvalue weighted by Crippen LogP contribution is -2.21. The molecule has 0 bridgehead atoms. The number of hydrogen-bond donors (Lipinski definition) is 1. The molecule has 100 valence electrons. The van der Waals surface area contributed by atoms with Crippen molar-refractivity contribution in [2.45, 2.75) is 25.8 Å². The van der Waals surface area contributed by atoms with Gasteiger partial charge in [-0.1, -0.05) is 25.1 Å². The molecule has 0 saturated carbocycles. The Morgan fingerprint density at radius 1 is 1.37 bits per heavy atom. The fourth-order valence-corrected chi connectivity index (χ4v) is 3.43. The first-order valence-corrected chi connectivity index (χ1v) is 7.79. The van der Waals surface area contributed by atoms with Gasteiger partial charge in [0.05, 0.1) is 12.6 Å². The van der Waals surface area contributed by atoms with E-state index >= 15 is 0 Å². The Kier molecular flexibility index (Phi) is 3.85. The summed E-state index contributed by atoms with van der Waals surface area (Å²) in [6, 6.07) is 11.2. The molecule has 1 aromatic heterocycles. The van der Waals surface area contributed by atoms with Crippen molar-refractivity contribution in [1.82, 2.24) is 5.32 Å². The number of aryl methyl sites for hydroxylation is 1. The minimum atomic E-state index is 0.303. The minimum Gasteiger partial charge on any atom is -0.493 e. The zero-order valence-electron chi connectivity index (χ0n) is 11.2. The van der Waals surface area contributed by atoms with E-state index in [0.717, 1.165) is 31.7 Å². The van der Waals surface area contributed by atoms with Crippen LogP contribution < -0.4 is 10.1 Å². The summed E-state index contributed by atoms with van der Waals surface area (Å²) in [5.74, 6) is 1.07. The van der Waals surface area contributed by atoms with E-state index in [0.29, 0.717) is 6.04 Å². The van der Waals surface area contributed by atoms with Crippen LogP contribution in [-0.2, 0) is 6.42 Å². The molecule has 0 spiro atoms. The third-order valence-corrected chi connectivity index (χ3v) is 4.44. The molecule has 0 saturated heterocycles. The molecule has 19 heavy (non-hydrogen) atoms. The average Bonchev–Trinajstić information content (AvgIpc) is 2.98. The molecule has 0 radical (unpaired) electrons. The van der Waals surface area contributed by atoms with Gasteiger partial charge in [0.25, 0.3) is 0 Å². The average molecular weight is 273 g/mol. The van der Waals surface area contributed by atoms with E-state index in [4.69, 9.17) is 4.74 Å². The summed E-state index contributed by atoms with van der Waals surface area (Å²) in [4.78, 5) is 1.37. The van der Waals surface area contributed by atoms with Gasteiger partial charge in [-0.2, -0.15) is 0 Å². The summed E-state index contributed by atoms with van der Waals surface area (Å²) in [6.45, 7) is 3.98.